The lowest BCUT2D eigenvalue weighted by Crippen LogP contribution is -2.22. The Bertz CT molecular complexity index is 1220. The summed E-state index contributed by atoms with van der Waals surface area (Å²) in [7, 11) is 1.63. The minimum absolute atomic E-state index is 0.0923. The maximum Gasteiger partial charge on any atom is 0.239 e. The normalized spacial score (nSPS) is 12.3. The Kier molecular flexibility index (Phi) is 5.43. The van der Waals surface area contributed by atoms with Gasteiger partial charge in [0, 0.05) is 5.39 Å². The van der Waals surface area contributed by atoms with Crippen LogP contribution in [-0.4, -0.2) is 28.2 Å². The Morgan fingerprint density at radius 2 is 1.97 bits per heavy atom. The number of anilines is 1. The summed E-state index contributed by atoms with van der Waals surface area (Å²) in [6.45, 7) is 6.02. The van der Waals surface area contributed by atoms with Crippen LogP contribution in [0.15, 0.2) is 47.5 Å². The molecule has 4 rings (SSSR count). The van der Waals surface area contributed by atoms with E-state index in [2.05, 4.69) is 36.3 Å². The largest absolute Gasteiger partial charge is 0.497 e. The highest BCUT2D eigenvalue weighted by Crippen LogP contribution is 2.31. The number of thiazole rings is 1. The summed E-state index contributed by atoms with van der Waals surface area (Å²) in [5.74, 6) is 0.682. The first-order valence-electron chi connectivity index (χ1n) is 9.23. The monoisotopic (exact) mass is 423 g/mol. The zero-order chi connectivity index (χ0) is 20.5. The fourth-order valence-electron chi connectivity index (χ4n) is 3.12. The molecule has 5 nitrogen and oxygen atoms in total. The van der Waals surface area contributed by atoms with Crippen LogP contribution in [0.1, 0.15) is 18.1 Å². The Balaban J connectivity index is 1.51. The highest BCUT2D eigenvalue weighted by Gasteiger charge is 2.18. The van der Waals surface area contributed by atoms with Gasteiger partial charge in [-0.15, -0.1) is 0 Å². The number of benzene rings is 2. The fraction of sp³-hybridized carbons (Fsp3) is 0.227. The number of nitrogens with one attached hydrogen (secondary N) is 1. The molecule has 1 unspecified atom stereocenters. The van der Waals surface area contributed by atoms with Crippen molar-refractivity contribution in [2.45, 2.75) is 31.0 Å². The van der Waals surface area contributed by atoms with E-state index in [9.17, 15) is 4.79 Å². The standard InChI is InChI=1S/C22H21N3O2S2/c1-12-6-5-7-16-13(2)10-19(24-20(12)16)28-14(3)21(26)25-22-23-17-9-8-15(27-4)11-18(17)29-22/h5-11,14H,1-4H3,(H,23,25,26). The number of amides is 1. The predicted octanol–water partition coefficient (Wildman–Crippen LogP) is 5.59. The van der Waals surface area contributed by atoms with Crippen molar-refractivity contribution >= 4 is 55.3 Å². The molecule has 1 atom stereocenters. The van der Waals surface area contributed by atoms with Crippen LogP contribution < -0.4 is 10.1 Å². The van der Waals surface area contributed by atoms with Crippen LogP contribution >= 0.6 is 23.1 Å². The van der Waals surface area contributed by atoms with Gasteiger partial charge in [-0.2, -0.15) is 0 Å². The quantitative estimate of drug-likeness (QED) is 0.424. The van der Waals surface area contributed by atoms with Gasteiger partial charge in [0.25, 0.3) is 0 Å². The average Bonchev–Trinajstić information content (AvgIpc) is 3.10. The SMILES string of the molecule is COc1ccc2nc(NC(=O)C(C)Sc3cc(C)c4cccc(C)c4n3)sc2c1. The zero-order valence-electron chi connectivity index (χ0n) is 16.6. The van der Waals surface area contributed by atoms with Gasteiger partial charge in [-0.3, -0.25) is 4.79 Å². The first-order valence-corrected chi connectivity index (χ1v) is 10.9. The Morgan fingerprint density at radius 1 is 1.14 bits per heavy atom. The number of para-hydroxylation sites is 1. The lowest BCUT2D eigenvalue weighted by atomic mass is 10.1. The molecule has 0 spiro atoms. The smallest absolute Gasteiger partial charge is 0.239 e. The Labute approximate surface area is 177 Å². The number of ether oxygens (including phenoxy) is 1. The second-order valence-electron chi connectivity index (χ2n) is 6.85. The topological polar surface area (TPSA) is 64.1 Å². The van der Waals surface area contributed by atoms with Crippen molar-refractivity contribution in [2.24, 2.45) is 0 Å². The number of hydrogen-bond donors (Lipinski definition) is 1. The third kappa shape index (κ3) is 4.06. The molecule has 148 valence electrons. The van der Waals surface area contributed by atoms with Gasteiger partial charge in [0.2, 0.25) is 5.91 Å². The van der Waals surface area contributed by atoms with Gasteiger partial charge in [0.1, 0.15) is 5.75 Å². The maximum absolute atomic E-state index is 12.7. The Hall–Kier alpha value is -2.64. The minimum atomic E-state index is -0.301. The van der Waals surface area contributed by atoms with Gasteiger partial charge in [-0.05, 0) is 56.2 Å². The van der Waals surface area contributed by atoms with Gasteiger partial charge in [-0.1, -0.05) is 41.3 Å². The molecule has 0 fully saturated rings. The predicted molar refractivity (Wildman–Crippen MR) is 121 cm³/mol. The molecule has 1 amide bonds. The summed E-state index contributed by atoms with van der Waals surface area (Å²) in [5.41, 5.74) is 4.13. The van der Waals surface area contributed by atoms with Crippen LogP contribution in [0, 0.1) is 13.8 Å². The number of thioether (sulfide) groups is 1. The number of aromatic nitrogens is 2. The number of nitrogens with zero attached hydrogens (tertiary/aromatic N) is 2. The second-order valence-corrected chi connectivity index (χ2v) is 9.24. The van der Waals surface area contributed by atoms with Gasteiger partial charge in [0.15, 0.2) is 5.13 Å². The number of fused-ring (bicyclic) bond motifs is 2. The van der Waals surface area contributed by atoms with Crippen molar-refractivity contribution in [2.75, 3.05) is 12.4 Å². The van der Waals surface area contributed by atoms with Crippen molar-refractivity contribution in [3.8, 4) is 5.75 Å². The van der Waals surface area contributed by atoms with Gasteiger partial charge >= 0.3 is 0 Å². The molecule has 0 aliphatic carbocycles. The zero-order valence-corrected chi connectivity index (χ0v) is 18.3. The van der Waals surface area contributed by atoms with E-state index in [0.717, 1.165) is 43.0 Å². The molecule has 1 N–H and O–H groups in total. The van der Waals surface area contributed by atoms with Crippen molar-refractivity contribution in [1.29, 1.82) is 0 Å². The van der Waals surface area contributed by atoms with Gasteiger partial charge < -0.3 is 10.1 Å². The van der Waals surface area contributed by atoms with E-state index in [4.69, 9.17) is 9.72 Å². The number of carbonyl (C=O) groups excluding carboxylic acids is 1. The molecule has 29 heavy (non-hydrogen) atoms. The van der Waals surface area contributed by atoms with E-state index in [1.54, 1.807) is 7.11 Å². The van der Waals surface area contributed by atoms with Crippen LogP contribution in [0.3, 0.4) is 0 Å². The van der Waals surface area contributed by atoms with Crippen molar-refractivity contribution in [3.05, 3.63) is 53.6 Å². The summed E-state index contributed by atoms with van der Waals surface area (Å²) < 4.78 is 6.22. The minimum Gasteiger partial charge on any atom is -0.497 e. The molecular formula is C22H21N3O2S2. The molecule has 7 heteroatoms. The van der Waals surface area contributed by atoms with E-state index in [1.807, 2.05) is 37.3 Å². The van der Waals surface area contributed by atoms with Gasteiger partial charge in [0.05, 0.1) is 33.1 Å². The lowest BCUT2D eigenvalue weighted by Gasteiger charge is -2.12. The van der Waals surface area contributed by atoms with E-state index in [-0.39, 0.29) is 11.2 Å². The molecule has 0 bridgehead atoms. The van der Waals surface area contributed by atoms with E-state index < -0.39 is 0 Å². The number of aryl methyl sites for hydroxylation is 2. The molecular weight excluding hydrogens is 402 g/mol. The third-order valence-electron chi connectivity index (χ3n) is 4.72. The van der Waals surface area contributed by atoms with E-state index >= 15 is 0 Å². The first kappa shape index (κ1) is 19.7. The van der Waals surface area contributed by atoms with Crippen molar-refractivity contribution < 1.29 is 9.53 Å². The Morgan fingerprint density at radius 3 is 2.76 bits per heavy atom. The first-order chi connectivity index (χ1) is 13.9. The molecule has 0 saturated heterocycles. The molecule has 2 heterocycles. The molecule has 2 aromatic carbocycles. The van der Waals surface area contributed by atoms with Crippen LogP contribution in [0.5, 0.6) is 5.75 Å². The van der Waals surface area contributed by atoms with Crippen LogP contribution in [-0.2, 0) is 4.79 Å². The third-order valence-corrected chi connectivity index (χ3v) is 6.67. The average molecular weight is 424 g/mol. The molecule has 0 aliphatic rings. The number of rotatable bonds is 5. The summed E-state index contributed by atoms with van der Waals surface area (Å²) in [6, 6.07) is 13.9. The van der Waals surface area contributed by atoms with Gasteiger partial charge in [-0.25, -0.2) is 9.97 Å². The van der Waals surface area contributed by atoms with Crippen LogP contribution in [0.2, 0.25) is 0 Å². The highest BCUT2D eigenvalue weighted by molar-refractivity contribution is 8.00. The summed E-state index contributed by atoms with van der Waals surface area (Å²) in [4.78, 5) is 22.0. The second kappa shape index (κ2) is 8.00. The summed E-state index contributed by atoms with van der Waals surface area (Å²) in [5, 5.41) is 5.21. The molecule has 2 aromatic heterocycles. The number of pyridine rings is 1. The lowest BCUT2D eigenvalue weighted by molar-refractivity contribution is -0.115. The number of hydrogen-bond acceptors (Lipinski definition) is 6. The number of methoxy groups -OCH3 is 1. The molecule has 0 radical (unpaired) electrons. The molecule has 0 saturated carbocycles. The number of carbonyl (C=O) groups is 1. The summed E-state index contributed by atoms with van der Waals surface area (Å²) in [6.07, 6.45) is 0. The molecule has 0 aliphatic heterocycles. The van der Waals surface area contributed by atoms with Crippen molar-refractivity contribution in [1.82, 2.24) is 9.97 Å². The molecule has 4 aromatic rings. The van der Waals surface area contributed by atoms with Crippen LogP contribution in [0.4, 0.5) is 5.13 Å². The van der Waals surface area contributed by atoms with E-state index in [1.165, 1.54) is 23.1 Å². The fourth-order valence-corrected chi connectivity index (χ4v) is 4.93. The van der Waals surface area contributed by atoms with Crippen molar-refractivity contribution in [3.63, 3.8) is 0 Å². The van der Waals surface area contributed by atoms with Crippen LogP contribution in [0.25, 0.3) is 21.1 Å². The maximum atomic E-state index is 12.7. The summed E-state index contributed by atoms with van der Waals surface area (Å²) >= 11 is 2.89. The highest BCUT2D eigenvalue weighted by atomic mass is 32.2. The van der Waals surface area contributed by atoms with E-state index in [0.29, 0.717) is 5.13 Å².